The Balaban J connectivity index is 1.76. The molecule has 0 saturated carbocycles. The quantitative estimate of drug-likeness (QED) is 0.671. The van der Waals surface area contributed by atoms with Crippen LogP contribution in [0.25, 0.3) is 0 Å². The fourth-order valence-corrected chi connectivity index (χ4v) is 2.57. The third kappa shape index (κ3) is 2.38. The maximum absolute atomic E-state index is 4.51. The molecular formula is C9H17N3S. The first-order valence-corrected chi connectivity index (χ1v) is 5.85. The van der Waals surface area contributed by atoms with Crippen molar-refractivity contribution in [2.24, 2.45) is 10.9 Å². The van der Waals surface area contributed by atoms with Gasteiger partial charge in [-0.25, -0.2) is 0 Å². The lowest BCUT2D eigenvalue weighted by Gasteiger charge is -2.37. The Kier molecular flexibility index (Phi) is 2.79. The van der Waals surface area contributed by atoms with Crippen molar-refractivity contribution < 1.29 is 0 Å². The molecular weight excluding hydrogens is 182 g/mol. The summed E-state index contributed by atoms with van der Waals surface area (Å²) in [6.45, 7) is 5.58. The predicted octanol–water partition coefficient (Wildman–Crippen LogP) is 0.629. The average molecular weight is 199 g/mol. The largest absolute Gasteiger partial charge is 0.360 e. The first-order chi connectivity index (χ1) is 6.24. The van der Waals surface area contributed by atoms with Gasteiger partial charge < -0.3 is 10.2 Å². The maximum Gasteiger partial charge on any atom is 0.156 e. The number of hydrogen-bond acceptors (Lipinski definition) is 4. The molecule has 74 valence electrons. The molecule has 13 heavy (non-hydrogen) atoms. The molecule has 0 aromatic heterocycles. The molecule has 0 radical (unpaired) electrons. The van der Waals surface area contributed by atoms with Gasteiger partial charge in [0.15, 0.2) is 5.17 Å². The predicted molar refractivity (Wildman–Crippen MR) is 58.3 cm³/mol. The molecule has 0 aromatic rings. The number of hydrogen-bond donors (Lipinski definition) is 1. The maximum atomic E-state index is 4.51. The van der Waals surface area contributed by atoms with Gasteiger partial charge in [0.25, 0.3) is 0 Å². The monoisotopic (exact) mass is 199 g/mol. The van der Waals surface area contributed by atoms with Gasteiger partial charge in [-0.15, -0.1) is 0 Å². The van der Waals surface area contributed by atoms with Crippen LogP contribution in [-0.4, -0.2) is 48.5 Å². The Labute approximate surface area is 84.0 Å². The van der Waals surface area contributed by atoms with E-state index in [1.807, 2.05) is 11.8 Å². The molecule has 4 heteroatoms. The Morgan fingerprint density at radius 2 is 2.31 bits per heavy atom. The lowest BCUT2D eigenvalue weighted by atomic mass is 10.1. The Morgan fingerprint density at radius 3 is 2.85 bits per heavy atom. The Hall–Kier alpha value is -0.220. The van der Waals surface area contributed by atoms with Crippen molar-refractivity contribution in [2.75, 3.05) is 32.4 Å². The highest BCUT2D eigenvalue weighted by molar-refractivity contribution is 8.13. The number of aliphatic imine (C=N–C) groups is 1. The van der Waals surface area contributed by atoms with Crippen LogP contribution in [0.4, 0.5) is 0 Å². The minimum absolute atomic E-state index is 0.643. The highest BCUT2D eigenvalue weighted by Crippen LogP contribution is 2.17. The SMILES string of the molecule is CC1CN=C(NC2CN(C)C2)SC1. The second-order valence-corrected chi connectivity index (χ2v) is 5.13. The van der Waals surface area contributed by atoms with Crippen LogP contribution >= 0.6 is 11.8 Å². The number of amidine groups is 1. The molecule has 3 nitrogen and oxygen atoms in total. The highest BCUT2D eigenvalue weighted by atomic mass is 32.2. The van der Waals surface area contributed by atoms with Gasteiger partial charge in [0.2, 0.25) is 0 Å². The van der Waals surface area contributed by atoms with E-state index in [-0.39, 0.29) is 0 Å². The summed E-state index contributed by atoms with van der Waals surface area (Å²) >= 11 is 1.87. The molecule has 2 rings (SSSR count). The van der Waals surface area contributed by atoms with Crippen LogP contribution < -0.4 is 5.32 Å². The summed E-state index contributed by atoms with van der Waals surface area (Å²) in [6, 6.07) is 0.643. The Bertz CT molecular complexity index is 211. The molecule has 0 bridgehead atoms. The minimum atomic E-state index is 0.643. The van der Waals surface area contributed by atoms with Crippen molar-refractivity contribution in [3.8, 4) is 0 Å². The summed E-state index contributed by atoms with van der Waals surface area (Å²) < 4.78 is 0. The molecule has 1 unspecified atom stereocenters. The standard InChI is InChI=1S/C9H17N3S/c1-7-3-10-9(13-6-7)11-8-4-12(2)5-8/h7-8H,3-6H2,1-2H3,(H,10,11). The van der Waals surface area contributed by atoms with E-state index in [1.165, 1.54) is 5.75 Å². The molecule has 1 fully saturated rings. The van der Waals surface area contributed by atoms with E-state index in [2.05, 4.69) is 29.2 Å². The molecule has 0 spiro atoms. The second-order valence-electron chi connectivity index (χ2n) is 4.12. The smallest absolute Gasteiger partial charge is 0.156 e. The third-order valence-electron chi connectivity index (χ3n) is 2.44. The van der Waals surface area contributed by atoms with E-state index in [9.17, 15) is 0 Å². The van der Waals surface area contributed by atoms with Crippen LogP contribution in [0.2, 0.25) is 0 Å². The van der Waals surface area contributed by atoms with Crippen LogP contribution in [0, 0.1) is 5.92 Å². The summed E-state index contributed by atoms with van der Waals surface area (Å²) in [5.41, 5.74) is 0. The van der Waals surface area contributed by atoms with Crippen molar-refractivity contribution in [3.05, 3.63) is 0 Å². The molecule has 0 aliphatic carbocycles. The van der Waals surface area contributed by atoms with E-state index in [0.29, 0.717) is 6.04 Å². The zero-order valence-corrected chi connectivity index (χ0v) is 9.10. The van der Waals surface area contributed by atoms with E-state index in [1.54, 1.807) is 0 Å². The van der Waals surface area contributed by atoms with Gasteiger partial charge in [0.05, 0.1) is 6.04 Å². The molecule has 2 aliphatic rings. The molecule has 2 aliphatic heterocycles. The Morgan fingerprint density at radius 1 is 1.54 bits per heavy atom. The fourth-order valence-electron chi connectivity index (χ4n) is 1.61. The number of nitrogens with zero attached hydrogens (tertiary/aromatic N) is 2. The van der Waals surface area contributed by atoms with Crippen molar-refractivity contribution >= 4 is 16.9 Å². The van der Waals surface area contributed by atoms with E-state index in [0.717, 1.165) is 30.7 Å². The first-order valence-electron chi connectivity index (χ1n) is 4.86. The molecule has 1 atom stereocenters. The summed E-state index contributed by atoms with van der Waals surface area (Å²) in [5.74, 6) is 1.97. The van der Waals surface area contributed by atoms with Crippen molar-refractivity contribution in [1.82, 2.24) is 10.2 Å². The third-order valence-corrected chi connectivity index (χ3v) is 3.70. The zero-order valence-electron chi connectivity index (χ0n) is 8.29. The van der Waals surface area contributed by atoms with Gasteiger partial charge in [0.1, 0.15) is 0 Å². The number of likely N-dealkylation sites (tertiary alicyclic amines) is 1. The summed E-state index contributed by atoms with van der Waals surface area (Å²) in [6.07, 6.45) is 0. The molecule has 0 amide bonds. The van der Waals surface area contributed by atoms with Gasteiger partial charge in [-0.05, 0) is 13.0 Å². The molecule has 1 N–H and O–H groups in total. The number of rotatable bonds is 1. The van der Waals surface area contributed by atoms with Gasteiger partial charge in [-0.3, -0.25) is 4.99 Å². The van der Waals surface area contributed by atoms with Crippen LogP contribution in [0.15, 0.2) is 4.99 Å². The minimum Gasteiger partial charge on any atom is -0.360 e. The molecule has 1 saturated heterocycles. The number of nitrogens with one attached hydrogen (secondary N) is 1. The van der Waals surface area contributed by atoms with E-state index < -0.39 is 0 Å². The lowest BCUT2D eigenvalue weighted by Crippen LogP contribution is -2.57. The lowest BCUT2D eigenvalue weighted by molar-refractivity contribution is 0.178. The zero-order chi connectivity index (χ0) is 9.26. The van der Waals surface area contributed by atoms with Crippen molar-refractivity contribution in [3.63, 3.8) is 0 Å². The first kappa shape index (κ1) is 9.34. The van der Waals surface area contributed by atoms with Gasteiger partial charge >= 0.3 is 0 Å². The summed E-state index contributed by atoms with van der Waals surface area (Å²) in [4.78, 5) is 6.82. The summed E-state index contributed by atoms with van der Waals surface area (Å²) in [5, 5.41) is 4.64. The van der Waals surface area contributed by atoms with Crippen LogP contribution in [0.1, 0.15) is 6.92 Å². The number of likely N-dealkylation sites (N-methyl/N-ethyl adjacent to an activating group) is 1. The normalized spacial score (nSPS) is 30.9. The highest BCUT2D eigenvalue weighted by Gasteiger charge is 2.24. The number of thioether (sulfide) groups is 1. The topological polar surface area (TPSA) is 27.6 Å². The van der Waals surface area contributed by atoms with Crippen LogP contribution in [0.3, 0.4) is 0 Å². The van der Waals surface area contributed by atoms with Gasteiger partial charge in [0, 0.05) is 25.4 Å². The molecule has 0 aromatic carbocycles. The fraction of sp³-hybridized carbons (Fsp3) is 0.889. The molecule has 2 heterocycles. The summed E-state index contributed by atoms with van der Waals surface area (Å²) in [7, 11) is 2.15. The van der Waals surface area contributed by atoms with E-state index >= 15 is 0 Å². The van der Waals surface area contributed by atoms with Crippen molar-refractivity contribution in [1.29, 1.82) is 0 Å². The van der Waals surface area contributed by atoms with Crippen LogP contribution in [-0.2, 0) is 0 Å². The van der Waals surface area contributed by atoms with Crippen molar-refractivity contribution in [2.45, 2.75) is 13.0 Å². The van der Waals surface area contributed by atoms with Gasteiger partial charge in [-0.2, -0.15) is 0 Å². The average Bonchev–Trinajstić information content (AvgIpc) is 2.06. The van der Waals surface area contributed by atoms with Crippen LogP contribution in [0.5, 0.6) is 0 Å². The second kappa shape index (κ2) is 3.88. The van der Waals surface area contributed by atoms with Gasteiger partial charge in [-0.1, -0.05) is 18.7 Å². The van der Waals surface area contributed by atoms with E-state index in [4.69, 9.17) is 0 Å².